The highest BCUT2D eigenvalue weighted by atomic mass is 19.1. The number of hydrogen-bond donors (Lipinski definition) is 4. The molecule has 0 unspecified atom stereocenters. The fourth-order valence-electron chi connectivity index (χ4n) is 4.01. The summed E-state index contributed by atoms with van der Waals surface area (Å²) in [7, 11) is 0. The molecule has 4 N–H and O–H groups in total. The summed E-state index contributed by atoms with van der Waals surface area (Å²) in [6, 6.07) is 7.14. The quantitative estimate of drug-likeness (QED) is 0.129. The van der Waals surface area contributed by atoms with E-state index in [0.29, 0.717) is 35.3 Å². The first-order valence-corrected chi connectivity index (χ1v) is 12.2. The molecule has 37 heavy (non-hydrogen) atoms. The predicted octanol–water partition coefficient (Wildman–Crippen LogP) is 4.48. The molecule has 10 nitrogen and oxygen atoms in total. The molecule has 11 heteroatoms. The van der Waals surface area contributed by atoms with Crippen molar-refractivity contribution in [2.75, 3.05) is 18.6 Å². The predicted molar refractivity (Wildman–Crippen MR) is 143 cm³/mol. The topological polar surface area (TPSA) is 120 Å². The number of aromatic amines is 2. The number of anilines is 1. The maximum atomic E-state index is 14.9. The van der Waals surface area contributed by atoms with Gasteiger partial charge in [-0.2, -0.15) is 5.10 Å². The van der Waals surface area contributed by atoms with E-state index in [2.05, 4.69) is 47.5 Å². The minimum Gasteiger partial charge on any atom is -0.468 e. The van der Waals surface area contributed by atoms with Gasteiger partial charge in [-0.1, -0.05) is 0 Å². The van der Waals surface area contributed by atoms with Crippen molar-refractivity contribution in [3.05, 3.63) is 72.1 Å². The number of rotatable bonds is 12. The highest BCUT2D eigenvalue weighted by Crippen LogP contribution is 2.39. The van der Waals surface area contributed by atoms with Crippen molar-refractivity contribution >= 4 is 29.3 Å². The SMILES string of the molecule is C=N/C(=C\C(=N/COc1ccc2[nH]c(C)cc2c1F)NCCCn1ccnc1)Nc1cc(C2CC2)[nH]n1. The van der Waals surface area contributed by atoms with E-state index in [-0.39, 0.29) is 12.5 Å². The van der Waals surface area contributed by atoms with Gasteiger partial charge in [0.25, 0.3) is 0 Å². The number of aromatic nitrogens is 5. The van der Waals surface area contributed by atoms with Crippen molar-refractivity contribution in [1.29, 1.82) is 0 Å². The summed E-state index contributed by atoms with van der Waals surface area (Å²) in [5.74, 6) is 1.95. The monoisotopic (exact) mass is 503 g/mol. The van der Waals surface area contributed by atoms with Crippen LogP contribution in [-0.2, 0) is 6.54 Å². The van der Waals surface area contributed by atoms with E-state index in [1.54, 1.807) is 36.8 Å². The van der Waals surface area contributed by atoms with E-state index in [1.807, 2.05) is 23.8 Å². The molecule has 0 saturated heterocycles. The fourth-order valence-corrected chi connectivity index (χ4v) is 4.01. The van der Waals surface area contributed by atoms with Crippen molar-refractivity contribution in [2.45, 2.75) is 38.6 Å². The van der Waals surface area contributed by atoms with E-state index >= 15 is 0 Å². The average Bonchev–Trinajstić information content (AvgIpc) is 3.25. The number of nitrogens with one attached hydrogen (secondary N) is 4. The smallest absolute Gasteiger partial charge is 0.181 e. The highest BCUT2D eigenvalue weighted by molar-refractivity contribution is 5.94. The van der Waals surface area contributed by atoms with Gasteiger partial charge in [-0.25, -0.2) is 19.4 Å². The van der Waals surface area contributed by atoms with Gasteiger partial charge >= 0.3 is 0 Å². The van der Waals surface area contributed by atoms with Crippen molar-refractivity contribution in [3.63, 3.8) is 0 Å². The van der Waals surface area contributed by atoms with E-state index in [9.17, 15) is 4.39 Å². The normalized spacial score (nSPS) is 14.2. The van der Waals surface area contributed by atoms with Gasteiger partial charge in [-0.05, 0) is 51.1 Å². The molecular weight excluding hydrogens is 473 g/mol. The molecule has 0 amide bonds. The minimum atomic E-state index is -0.414. The number of hydrogen-bond acceptors (Lipinski definition) is 6. The molecule has 1 fully saturated rings. The highest BCUT2D eigenvalue weighted by Gasteiger charge is 2.25. The van der Waals surface area contributed by atoms with Crippen LogP contribution >= 0.6 is 0 Å². The van der Waals surface area contributed by atoms with Gasteiger partial charge in [-0.15, -0.1) is 0 Å². The minimum absolute atomic E-state index is 0.0785. The average molecular weight is 504 g/mol. The van der Waals surface area contributed by atoms with Gasteiger partial charge < -0.3 is 24.9 Å². The van der Waals surface area contributed by atoms with Gasteiger partial charge in [0.2, 0.25) is 0 Å². The van der Waals surface area contributed by atoms with Crippen molar-refractivity contribution in [1.82, 2.24) is 30.0 Å². The summed E-state index contributed by atoms with van der Waals surface area (Å²) in [5, 5.41) is 14.3. The molecule has 3 heterocycles. The first-order chi connectivity index (χ1) is 18.1. The second kappa shape index (κ2) is 11.1. The van der Waals surface area contributed by atoms with Crippen LogP contribution in [0.15, 0.2) is 64.9 Å². The van der Waals surface area contributed by atoms with Crippen LogP contribution in [0.5, 0.6) is 5.75 Å². The zero-order valence-electron chi connectivity index (χ0n) is 20.7. The van der Waals surface area contributed by atoms with Crippen LogP contribution in [0.25, 0.3) is 10.9 Å². The zero-order chi connectivity index (χ0) is 25.6. The van der Waals surface area contributed by atoms with Crippen LogP contribution in [0.4, 0.5) is 10.2 Å². The summed E-state index contributed by atoms with van der Waals surface area (Å²) >= 11 is 0. The van der Waals surface area contributed by atoms with Crippen LogP contribution in [0.1, 0.15) is 36.6 Å². The first-order valence-electron chi connectivity index (χ1n) is 12.2. The Bertz CT molecular complexity index is 1410. The van der Waals surface area contributed by atoms with E-state index < -0.39 is 5.82 Å². The lowest BCUT2D eigenvalue weighted by molar-refractivity contribution is 0.315. The second-order valence-electron chi connectivity index (χ2n) is 8.98. The Morgan fingerprint density at radius 1 is 1.35 bits per heavy atom. The summed E-state index contributed by atoms with van der Waals surface area (Å²) in [6.07, 6.45) is 10.4. The summed E-state index contributed by atoms with van der Waals surface area (Å²) in [5.41, 5.74) is 2.72. The Hall–Kier alpha value is -4.41. The maximum Gasteiger partial charge on any atom is 0.181 e. The summed E-state index contributed by atoms with van der Waals surface area (Å²) < 4.78 is 22.6. The molecule has 0 bridgehead atoms. The fraction of sp³-hybridized carbons (Fsp3) is 0.308. The van der Waals surface area contributed by atoms with Crippen molar-refractivity contribution < 1.29 is 9.13 Å². The van der Waals surface area contributed by atoms with Crippen LogP contribution in [0.3, 0.4) is 0 Å². The van der Waals surface area contributed by atoms with Crippen LogP contribution in [0.2, 0.25) is 0 Å². The number of ether oxygens (including phenoxy) is 1. The van der Waals surface area contributed by atoms with Gasteiger partial charge in [0.05, 0.1) is 6.33 Å². The van der Waals surface area contributed by atoms with Crippen molar-refractivity contribution in [3.8, 4) is 5.75 Å². The number of halogens is 1. The molecule has 1 aliphatic carbocycles. The number of nitrogens with zero attached hydrogens (tertiary/aromatic N) is 5. The third-order valence-electron chi connectivity index (χ3n) is 6.07. The molecule has 1 saturated carbocycles. The lowest BCUT2D eigenvalue weighted by atomic mass is 10.2. The number of aliphatic imine (C=N–C) groups is 2. The molecule has 0 aliphatic heterocycles. The molecule has 5 rings (SSSR count). The van der Waals surface area contributed by atoms with Gasteiger partial charge in [0.15, 0.2) is 24.1 Å². The molecule has 0 atom stereocenters. The van der Waals surface area contributed by atoms with Crippen LogP contribution in [0, 0.1) is 12.7 Å². The maximum absolute atomic E-state index is 14.9. The van der Waals surface area contributed by atoms with Gasteiger partial charge in [0, 0.05) is 65.8 Å². The first kappa shape index (κ1) is 24.3. The van der Waals surface area contributed by atoms with E-state index in [4.69, 9.17) is 4.74 Å². The van der Waals surface area contributed by atoms with E-state index in [1.165, 1.54) is 12.8 Å². The van der Waals surface area contributed by atoms with Crippen molar-refractivity contribution in [2.24, 2.45) is 9.98 Å². The Labute approximate surface area is 213 Å². The Morgan fingerprint density at radius 2 is 2.24 bits per heavy atom. The largest absolute Gasteiger partial charge is 0.468 e. The molecule has 0 radical (unpaired) electrons. The third-order valence-corrected chi connectivity index (χ3v) is 6.07. The van der Waals surface area contributed by atoms with Gasteiger partial charge in [-0.3, -0.25) is 5.10 Å². The number of benzene rings is 1. The molecule has 4 aromatic rings. The lowest BCUT2D eigenvalue weighted by Gasteiger charge is -2.10. The summed E-state index contributed by atoms with van der Waals surface area (Å²) in [4.78, 5) is 15.8. The van der Waals surface area contributed by atoms with E-state index in [0.717, 1.165) is 29.9 Å². The summed E-state index contributed by atoms with van der Waals surface area (Å²) in [6.45, 7) is 6.93. The number of H-pyrrole nitrogens is 2. The standard InChI is InChI=1S/C26H30FN9O/c1-17-12-19-20(32-17)6-7-22(26(19)27)37-16-31-24(30-8-3-10-36-11-9-29-15-36)14-23(28-2)33-25-13-21(34-35-25)18-4-5-18/h6-7,9,11-15,18,32H,2-5,8,10,16H2,1H3,(H,30,31)(H2,33,34,35)/b23-14+. The molecule has 1 aliphatic rings. The Morgan fingerprint density at radius 3 is 3.03 bits per heavy atom. The zero-order valence-corrected chi connectivity index (χ0v) is 20.7. The molecule has 192 valence electrons. The number of aryl methyl sites for hydroxylation is 2. The Balaban J connectivity index is 1.27. The molecule has 0 spiro atoms. The molecule has 1 aromatic carbocycles. The molecular formula is C26H30FN9O. The van der Waals surface area contributed by atoms with Gasteiger partial charge in [0.1, 0.15) is 11.7 Å². The lowest BCUT2D eigenvalue weighted by Crippen LogP contribution is -2.25. The number of fused-ring (bicyclic) bond motifs is 1. The number of imidazole rings is 1. The third kappa shape index (κ3) is 6.24. The van der Waals surface area contributed by atoms with Crippen LogP contribution in [-0.4, -0.2) is 50.6 Å². The molecule has 3 aromatic heterocycles. The second-order valence-corrected chi connectivity index (χ2v) is 8.98. The van der Waals surface area contributed by atoms with Crippen LogP contribution < -0.4 is 15.4 Å². The Kier molecular flexibility index (Phi) is 7.29. The number of amidine groups is 1.